The first-order valence-electron chi connectivity index (χ1n) is 7.17. The van der Waals surface area contributed by atoms with Gasteiger partial charge in [0.15, 0.2) is 5.66 Å². The molecule has 0 bridgehead atoms. The largest absolute Gasteiger partial charge is 0.481 e. The lowest BCUT2D eigenvalue weighted by molar-refractivity contribution is -0.137. The predicted octanol–water partition coefficient (Wildman–Crippen LogP) is 3.54. The van der Waals surface area contributed by atoms with Gasteiger partial charge in [0.1, 0.15) is 0 Å². The summed E-state index contributed by atoms with van der Waals surface area (Å²) in [5, 5.41) is 8.74. The van der Waals surface area contributed by atoms with Gasteiger partial charge in [-0.1, -0.05) is 64.7 Å². The molecule has 0 rings (SSSR count). The van der Waals surface area contributed by atoms with Gasteiger partial charge in [0.25, 0.3) is 0 Å². The van der Waals surface area contributed by atoms with E-state index in [9.17, 15) is 9.36 Å². The highest BCUT2D eigenvalue weighted by Gasteiger charge is 2.34. The van der Waals surface area contributed by atoms with E-state index >= 15 is 0 Å². The number of hydrogen-bond donors (Lipinski definition) is 3. The Hall–Kier alpha value is -0.380. The number of carboxylic acid groups (broad SMARTS) is 1. The van der Waals surface area contributed by atoms with Gasteiger partial charge in [0.05, 0.1) is 0 Å². The van der Waals surface area contributed by atoms with Crippen LogP contribution in [0.15, 0.2) is 0 Å². The minimum atomic E-state index is -4.51. The smallest absolute Gasteiger partial charge is 0.339 e. The van der Waals surface area contributed by atoms with Crippen LogP contribution in [0.5, 0.6) is 0 Å². The molecule has 0 aromatic heterocycles. The SMILES string of the molecule is CCCCCCCCCCCC(C(=O)O)P(=O)(O)O. The van der Waals surface area contributed by atoms with Crippen LogP contribution in [0.2, 0.25) is 0 Å². The molecule has 0 aliphatic heterocycles. The number of carboxylic acids is 1. The summed E-state index contributed by atoms with van der Waals surface area (Å²) < 4.78 is 11.0. The van der Waals surface area contributed by atoms with Gasteiger partial charge in [0.2, 0.25) is 0 Å². The normalized spacial score (nSPS) is 13.4. The molecule has 3 N–H and O–H groups in total. The summed E-state index contributed by atoms with van der Waals surface area (Å²) in [7, 11) is -4.51. The van der Waals surface area contributed by atoms with E-state index < -0.39 is 19.2 Å². The fraction of sp³-hybridized carbons (Fsp3) is 0.923. The molecule has 0 saturated carbocycles. The van der Waals surface area contributed by atoms with Gasteiger partial charge in [-0.15, -0.1) is 0 Å². The Labute approximate surface area is 115 Å². The Kier molecular flexibility index (Phi) is 10.2. The molecule has 0 aliphatic rings. The molecule has 0 aliphatic carbocycles. The lowest BCUT2D eigenvalue weighted by atomic mass is 10.1. The van der Waals surface area contributed by atoms with E-state index in [0.717, 1.165) is 19.3 Å². The van der Waals surface area contributed by atoms with Crippen molar-refractivity contribution in [3.63, 3.8) is 0 Å². The number of rotatable bonds is 12. The number of carbonyl (C=O) groups is 1. The number of hydrogen-bond acceptors (Lipinski definition) is 2. The molecule has 0 fully saturated rings. The van der Waals surface area contributed by atoms with Gasteiger partial charge < -0.3 is 14.9 Å². The Morgan fingerprint density at radius 3 is 1.74 bits per heavy atom. The quantitative estimate of drug-likeness (QED) is 0.378. The molecular formula is C13H27O5P. The van der Waals surface area contributed by atoms with Crippen LogP contribution in [0.25, 0.3) is 0 Å². The average molecular weight is 294 g/mol. The van der Waals surface area contributed by atoms with Crippen LogP contribution in [0.4, 0.5) is 0 Å². The molecule has 0 heterocycles. The van der Waals surface area contributed by atoms with Crippen LogP contribution in [-0.2, 0) is 9.36 Å². The van der Waals surface area contributed by atoms with Crippen molar-refractivity contribution in [3.05, 3.63) is 0 Å². The van der Waals surface area contributed by atoms with Crippen LogP contribution >= 0.6 is 7.60 Å². The minimum Gasteiger partial charge on any atom is -0.481 e. The lowest BCUT2D eigenvalue weighted by Gasteiger charge is -2.13. The maximum atomic E-state index is 11.0. The Morgan fingerprint density at radius 1 is 0.947 bits per heavy atom. The second-order valence-corrected chi connectivity index (χ2v) is 6.86. The summed E-state index contributed by atoms with van der Waals surface area (Å²) >= 11 is 0. The van der Waals surface area contributed by atoms with Gasteiger partial charge >= 0.3 is 13.6 Å². The van der Waals surface area contributed by atoms with Gasteiger partial charge in [0, 0.05) is 0 Å². The first kappa shape index (κ1) is 18.6. The van der Waals surface area contributed by atoms with E-state index in [0.29, 0.717) is 6.42 Å². The third kappa shape index (κ3) is 10.1. The summed E-state index contributed by atoms with van der Waals surface area (Å²) in [6.45, 7) is 2.18. The van der Waals surface area contributed by atoms with Crippen molar-refractivity contribution < 1.29 is 24.3 Å². The summed E-state index contributed by atoms with van der Waals surface area (Å²) in [4.78, 5) is 28.5. The van der Waals surface area contributed by atoms with Crippen LogP contribution in [-0.4, -0.2) is 26.5 Å². The Bertz CT molecular complexity index is 287. The van der Waals surface area contributed by atoms with E-state index in [-0.39, 0.29) is 6.42 Å². The average Bonchev–Trinajstić information content (AvgIpc) is 2.29. The fourth-order valence-corrected chi connectivity index (χ4v) is 2.89. The van der Waals surface area contributed by atoms with E-state index in [4.69, 9.17) is 14.9 Å². The van der Waals surface area contributed by atoms with Gasteiger partial charge in [-0.25, -0.2) is 0 Å². The topological polar surface area (TPSA) is 94.8 Å². The monoisotopic (exact) mass is 294 g/mol. The zero-order valence-electron chi connectivity index (χ0n) is 11.8. The summed E-state index contributed by atoms with van der Waals surface area (Å²) in [5.41, 5.74) is -1.53. The van der Waals surface area contributed by atoms with Gasteiger partial charge in [-0.05, 0) is 6.42 Å². The zero-order valence-corrected chi connectivity index (χ0v) is 12.6. The molecule has 1 unspecified atom stereocenters. The Morgan fingerprint density at radius 2 is 1.37 bits per heavy atom. The fourth-order valence-electron chi connectivity index (χ4n) is 2.08. The van der Waals surface area contributed by atoms with Gasteiger partial charge in [-0.2, -0.15) is 0 Å². The van der Waals surface area contributed by atoms with Crippen molar-refractivity contribution in [3.8, 4) is 0 Å². The molecule has 5 nitrogen and oxygen atoms in total. The lowest BCUT2D eigenvalue weighted by Crippen LogP contribution is -2.20. The molecule has 19 heavy (non-hydrogen) atoms. The van der Waals surface area contributed by atoms with Crippen molar-refractivity contribution >= 4 is 13.6 Å². The van der Waals surface area contributed by atoms with Crippen molar-refractivity contribution in [2.45, 2.75) is 76.8 Å². The third-order valence-corrected chi connectivity index (χ3v) is 4.56. The van der Waals surface area contributed by atoms with Crippen LogP contribution < -0.4 is 0 Å². The molecular weight excluding hydrogens is 267 g/mol. The predicted molar refractivity (Wildman–Crippen MR) is 75.3 cm³/mol. The van der Waals surface area contributed by atoms with Gasteiger partial charge in [-0.3, -0.25) is 9.36 Å². The van der Waals surface area contributed by atoms with Crippen molar-refractivity contribution in [2.24, 2.45) is 0 Å². The summed E-state index contributed by atoms with van der Waals surface area (Å²) in [6.07, 6.45) is 9.84. The molecule has 0 saturated heterocycles. The van der Waals surface area contributed by atoms with Crippen molar-refractivity contribution in [2.75, 3.05) is 0 Å². The second kappa shape index (κ2) is 10.4. The first-order chi connectivity index (χ1) is 8.89. The molecule has 0 radical (unpaired) electrons. The molecule has 0 amide bonds. The molecule has 1 atom stereocenters. The Balaban J connectivity index is 3.57. The highest BCUT2D eigenvalue weighted by atomic mass is 31.2. The first-order valence-corrected chi connectivity index (χ1v) is 8.85. The van der Waals surface area contributed by atoms with E-state index in [1.165, 1.54) is 32.1 Å². The van der Waals surface area contributed by atoms with E-state index in [1.807, 2.05) is 0 Å². The molecule has 114 valence electrons. The van der Waals surface area contributed by atoms with Crippen LogP contribution in [0.1, 0.15) is 71.1 Å². The van der Waals surface area contributed by atoms with E-state index in [2.05, 4.69) is 6.92 Å². The molecule has 0 spiro atoms. The van der Waals surface area contributed by atoms with Crippen molar-refractivity contribution in [1.29, 1.82) is 0 Å². The number of unbranched alkanes of at least 4 members (excludes halogenated alkanes) is 8. The van der Waals surface area contributed by atoms with Crippen molar-refractivity contribution in [1.82, 2.24) is 0 Å². The molecule has 0 aromatic rings. The highest BCUT2D eigenvalue weighted by molar-refractivity contribution is 7.53. The summed E-state index contributed by atoms with van der Waals surface area (Å²) in [5.74, 6) is -1.40. The maximum absolute atomic E-state index is 11.0. The summed E-state index contributed by atoms with van der Waals surface area (Å²) in [6, 6.07) is 0. The maximum Gasteiger partial charge on any atom is 0.339 e. The third-order valence-electron chi connectivity index (χ3n) is 3.27. The van der Waals surface area contributed by atoms with E-state index in [1.54, 1.807) is 0 Å². The molecule has 0 aromatic carbocycles. The molecule has 6 heteroatoms. The minimum absolute atomic E-state index is 0.0649. The van der Waals surface area contributed by atoms with Crippen LogP contribution in [0, 0.1) is 0 Å². The standard InChI is InChI=1S/C13H27O5P/c1-2-3-4-5-6-7-8-9-10-11-12(13(14)15)19(16,17)18/h12H,2-11H2,1H3,(H,14,15)(H2,16,17,18). The zero-order chi connectivity index (χ0) is 14.7. The highest BCUT2D eigenvalue weighted by Crippen LogP contribution is 2.43. The van der Waals surface area contributed by atoms with Crippen LogP contribution in [0.3, 0.4) is 0 Å². The number of aliphatic carboxylic acids is 1. The second-order valence-electron chi connectivity index (χ2n) is 5.06.